The van der Waals surface area contributed by atoms with Crippen LogP contribution in [0.5, 0.6) is 0 Å². The van der Waals surface area contributed by atoms with E-state index in [4.69, 9.17) is 11.6 Å². The van der Waals surface area contributed by atoms with E-state index in [2.05, 4.69) is 16.7 Å². The van der Waals surface area contributed by atoms with Crippen LogP contribution < -0.4 is 0 Å². The number of alkyl halides is 1. The summed E-state index contributed by atoms with van der Waals surface area (Å²) >= 11 is 6.10. The molecule has 0 radical (unpaired) electrons. The lowest BCUT2D eigenvalue weighted by molar-refractivity contribution is 0.0762. The fourth-order valence-electron chi connectivity index (χ4n) is 4.66. The van der Waals surface area contributed by atoms with E-state index in [1.165, 1.54) is 12.1 Å². The first-order valence-corrected chi connectivity index (χ1v) is 10.4. The number of fused-ring (bicyclic) bond motifs is 2. The van der Waals surface area contributed by atoms with Gasteiger partial charge in [0.15, 0.2) is 0 Å². The molecule has 2 heterocycles. The van der Waals surface area contributed by atoms with E-state index in [-0.39, 0.29) is 17.8 Å². The number of halogens is 2. The van der Waals surface area contributed by atoms with E-state index in [0.717, 1.165) is 33.3 Å². The van der Waals surface area contributed by atoms with Gasteiger partial charge in [0.25, 0.3) is 5.91 Å². The van der Waals surface area contributed by atoms with Gasteiger partial charge in [-0.2, -0.15) is 0 Å². The highest BCUT2D eigenvalue weighted by Gasteiger charge is 2.40. The van der Waals surface area contributed by atoms with Gasteiger partial charge >= 0.3 is 0 Å². The Hall–Kier alpha value is -3.11. The normalized spacial score (nSPS) is 15.8. The number of carbonyl (C=O) groups excluding carboxylic acids is 1. The summed E-state index contributed by atoms with van der Waals surface area (Å²) in [6, 6.07) is 22.2. The lowest BCUT2D eigenvalue weighted by Crippen LogP contribution is -2.30. The van der Waals surface area contributed by atoms with Gasteiger partial charge in [-0.3, -0.25) is 4.79 Å². The molecule has 0 saturated carbocycles. The molecular weight excluding hydrogens is 399 g/mol. The molecule has 1 atom stereocenters. The van der Waals surface area contributed by atoms with Crippen molar-refractivity contribution in [1.82, 2.24) is 9.47 Å². The second kappa shape index (κ2) is 7.29. The van der Waals surface area contributed by atoms with Gasteiger partial charge in [-0.15, -0.1) is 11.6 Å². The molecule has 0 N–H and O–H groups in total. The maximum atomic E-state index is 13.6. The van der Waals surface area contributed by atoms with E-state index in [9.17, 15) is 9.18 Å². The molecule has 1 aromatic heterocycles. The highest BCUT2D eigenvalue weighted by Crippen LogP contribution is 2.46. The van der Waals surface area contributed by atoms with Gasteiger partial charge in [0.05, 0.1) is 11.7 Å². The highest BCUT2D eigenvalue weighted by atomic mass is 35.5. The summed E-state index contributed by atoms with van der Waals surface area (Å²) in [4.78, 5) is 15.1. The minimum absolute atomic E-state index is 0.00533. The highest BCUT2D eigenvalue weighted by molar-refractivity contribution is 6.18. The maximum Gasteiger partial charge on any atom is 0.255 e. The molecule has 0 unspecified atom stereocenters. The molecule has 3 nitrogen and oxygen atoms in total. The molecule has 0 saturated heterocycles. The summed E-state index contributed by atoms with van der Waals surface area (Å²) in [7, 11) is 2.01. The van der Waals surface area contributed by atoms with E-state index in [0.29, 0.717) is 18.0 Å². The second-order valence-corrected chi connectivity index (χ2v) is 7.90. The third kappa shape index (κ3) is 2.75. The number of aromatic nitrogens is 1. The standard InChI is InChI=1S/C25H20ClFN2O/c1-28-21-9-5-4-8-20(21)22(23(28)16-10-12-17(27)13-11-16)24-18-6-2-3-7-19(18)25(30)29(24)15-14-26/h2-13,24H,14-15H2,1H3/t24-/m1/s1. The summed E-state index contributed by atoms with van der Waals surface area (Å²) in [6.45, 7) is 0.450. The van der Waals surface area contributed by atoms with Crippen molar-refractivity contribution < 1.29 is 9.18 Å². The van der Waals surface area contributed by atoms with E-state index in [1.54, 1.807) is 12.1 Å². The first kappa shape index (κ1) is 18.9. The predicted molar refractivity (Wildman–Crippen MR) is 118 cm³/mol. The smallest absolute Gasteiger partial charge is 0.255 e. The van der Waals surface area contributed by atoms with Gasteiger partial charge in [-0.1, -0.05) is 36.4 Å². The zero-order valence-corrected chi connectivity index (χ0v) is 17.2. The number of rotatable bonds is 4. The molecule has 0 fully saturated rings. The third-order valence-corrected chi connectivity index (χ3v) is 6.09. The van der Waals surface area contributed by atoms with Crippen molar-refractivity contribution in [2.45, 2.75) is 6.04 Å². The summed E-state index contributed by atoms with van der Waals surface area (Å²) in [5.41, 5.74) is 5.69. The van der Waals surface area contributed by atoms with Crippen molar-refractivity contribution in [3.05, 3.63) is 95.3 Å². The molecule has 4 aromatic rings. The van der Waals surface area contributed by atoms with Gasteiger partial charge in [0.1, 0.15) is 5.82 Å². The largest absolute Gasteiger partial charge is 0.343 e. The quantitative estimate of drug-likeness (QED) is 0.386. The molecular formula is C25H20ClFN2O. The molecule has 5 heteroatoms. The minimum Gasteiger partial charge on any atom is -0.343 e. The Bertz CT molecular complexity index is 1260. The van der Waals surface area contributed by atoms with Crippen LogP contribution in [-0.2, 0) is 7.05 Å². The van der Waals surface area contributed by atoms with Gasteiger partial charge in [0.2, 0.25) is 0 Å². The van der Waals surface area contributed by atoms with Gasteiger partial charge in [-0.25, -0.2) is 4.39 Å². The summed E-state index contributed by atoms with van der Waals surface area (Å²) in [5, 5.41) is 1.08. The van der Waals surface area contributed by atoms with Gasteiger partial charge < -0.3 is 9.47 Å². The Morgan fingerprint density at radius 3 is 2.43 bits per heavy atom. The topological polar surface area (TPSA) is 25.2 Å². The number of amides is 1. The van der Waals surface area contributed by atoms with Crippen molar-refractivity contribution >= 4 is 28.4 Å². The van der Waals surface area contributed by atoms with Gasteiger partial charge in [-0.05, 0) is 47.5 Å². The van der Waals surface area contributed by atoms with Crippen LogP contribution >= 0.6 is 11.6 Å². The molecule has 1 amide bonds. The van der Waals surface area contributed by atoms with Crippen LogP contribution in [0.2, 0.25) is 0 Å². The number of nitrogens with zero attached hydrogens (tertiary/aromatic N) is 2. The van der Waals surface area contributed by atoms with Crippen LogP contribution in [0.4, 0.5) is 4.39 Å². The number of para-hydroxylation sites is 1. The number of aryl methyl sites for hydroxylation is 1. The average Bonchev–Trinajstić information content (AvgIpc) is 3.21. The van der Waals surface area contributed by atoms with Crippen molar-refractivity contribution in [2.24, 2.45) is 7.05 Å². The number of hydrogen-bond donors (Lipinski definition) is 0. The SMILES string of the molecule is Cn1c(-c2ccc(F)cc2)c([C@H]2c3ccccc3C(=O)N2CCCl)c2ccccc21. The molecule has 0 aliphatic carbocycles. The number of benzene rings is 3. The lowest BCUT2D eigenvalue weighted by Gasteiger charge is -2.26. The van der Waals surface area contributed by atoms with Crippen LogP contribution in [0.25, 0.3) is 22.2 Å². The minimum atomic E-state index is -0.274. The molecule has 1 aliphatic heterocycles. The molecule has 3 aromatic carbocycles. The van der Waals surface area contributed by atoms with E-state index in [1.807, 2.05) is 48.3 Å². The maximum absolute atomic E-state index is 13.6. The van der Waals surface area contributed by atoms with Crippen LogP contribution in [0.1, 0.15) is 27.5 Å². The first-order valence-electron chi connectivity index (χ1n) is 9.91. The second-order valence-electron chi connectivity index (χ2n) is 7.52. The van der Waals surface area contributed by atoms with Crippen molar-refractivity contribution in [2.75, 3.05) is 12.4 Å². The molecule has 30 heavy (non-hydrogen) atoms. The molecule has 5 rings (SSSR count). The molecule has 0 bridgehead atoms. The first-order chi connectivity index (χ1) is 14.6. The fraction of sp³-hybridized carbons (Fsp3) is 0.160. The number of carbonyl (C=O) groups is 1. The summed E-state index contributed by atoms with van der Waals surface area (Å²) in [6.07, 6.45) is 0. The Labute approximate surface area is 179 Å². The monoisotopic (exact) mass is 418 g/mol. The zero-order chi connectivity index (χ0) is 20.8. The summed E-state index contributed by atoms with van der Waals surface area (Å²) in [5.74, 6) is 0.0748. The Morgan fingerprint density at radius 2 is 1.67 bits per heavy atom. The van der Waals surface area contributed by atoms with Crippen LogP contribution in [0.15, 0.2) is 72.8 Å². The zero-order valence-electron chi connectivity index (χ0n) is 16.5. The Morgan fingerprint density at radius 1 is 0.967 bits per heavy atom. The van der Waals surface area contributed by atoms with Crippen molar-refractivity contribution in [1.29, 1.82) is 0 Å². The Balaban J connectivity index is 1.85. The van der Waals surface area contributed by atoms with E-state index >= 15 is 0 Å². The average molecular weight is 419 g/mol. The molecule has 0 spiro atoms. The third-order valence-electron chi connectivity index (χ3n) is 5.92. The van der Waals surface area contributed by atoms with E-state index < -0.39 is 0 Å². The van der Waals surface area contributed by atoms with Gasteiger partial charge in [0, 0.05) is 41.5 Å². The number of hydrogen-bond acceptors (Lipinski definition) is 1. The molecule has 150 valence electrons. The molecule has 1 aliphatic rings. The van der Waals surface area contributed by atoms with Crippen LogP contribution in [0.3, 0.4) is 0 Å². The summed E-state index contributed by atoms with van der Waals surface area (Å²) < 4.78 is 15.8. The Kier molecular flexibility index (Phi) is 4.59. The van der Waals surface area contributed by atoms with Crippen molar-refractivity contribution in [3.63, 3.8) is 0 Å². The van der Waals surface area contributed by atoms with Crippen LogP contribution in [0, 0.1) is 5.82 Å². The van der Waals surface area contributed by atoms with Crippen molar-refractivity contribution in [3.8, 4) is 11.3 Å². The van der Waals surface area contributed by atoms with Crippen LogP contribution in [-0.4, -0.2) is 27.8 Å². The fourth-order valence-corrected chi connectivity index (χ4v) is 4.84. The predicted octanol–water partition coefficient (Wildman–Crippen LogP) is 5.77. The lowest BCUT2D eigenvalue weighted by atomic mass is 9.93.